The van der Waals surface area contributed by atoms with Crippen LogP contribution in [0.15, 0.2) is 46.9 Å². The van der Waals surface area contributed by atoms with Crippen LogP contribution in [0.4, 0.5) is 4.39 Å². The van der Waals surface area contributed by atoms with Crippen molar-refractivity contribution in [3.63, 3.8) is 0 Å². The molecular weight excluding hydrogens is 373 g/mol. The molecule has 1 heterocycles. The van der Waals surface area contributed by atoms with Crippen molar-refractivity contribution in [2.45, 2.75) is 6.92 Å². The van der Waals surface area contributed by atoms with Gasteiger partial charge in [0.1, 0.15) is 10.8 Å². The van der Waals surface area contributed by atoms with Crippen LogP contribution in [0.3, 0.4) is 0 Å². The highest BCUT2D eigenvalue weighted by molar-refractivity contribution is 9.10. The molecule has 0 unspecified atom stereocenters. The van der Waals surface area contributed by atoms with E-state index in [0.29, 0.717) is 0 Å². The van der Waals surface area contributed by atoms with E-state index < -0.39 is 5.82 Å². The highest BCUT2D eigenvalue weighted by Crippen LogP contribution is 2.37. The maximum Gasteiger partial charge on any atom is 0.141 e. The second-order valence-electron chi connectivity index (χ2n) is 4.53. The van der Waals surface area contributed by atoms with Gasteiger partial charge in [0, 0.05) is 20.5 Å². The van der Waals surface area contributed by atoms with Gasteiger partial charge in [-0.05, 0) is 31.2 Å². The minimum absolute atomic E-state index is 0.114. The number of halogens is 3. The van der Waals surface area contributed by atoms with Gasteiger partial charge < -0.3 is 0 Å². The molecule has 1 nitrogen and oxygen atoms in total. The SMILES string of the molecule is Cc1sc(-c2ccc(F)c(Cl)c2)nc1-c1ccccc1Br. The van der Waals surface area contributed by atoms with E-state index in [1.165, 1.54) is 6.07 Å². The maximum atomic E-state index is 13.3. The summed E-state index contributed by atoms with van der Waals surface area (Å²) >= 11 is 11.0. The van der Waals surface area contributed by atoms with E-state index in [1.807, 2.05) is 31.2 Å². The molecule has 0 N–H and O–H groups in total. The molecule has 106 valence electrons. The Morgan fingerprint density at radius 1 is 1.19 bits per heavy atom. The van der Waals surface area contributed by atoms with Crippen LogP contribution in [-0.2, 0) is 0 Å². The van der Waals surface area contributed by atoms with Gasteiger partial charge in [-0.25, -0.2) is 9.37 Å². The third-order valence-electron chi connectivity index (χ3n) is 3.09. The summed E-state index contributed by atoms with van der Waals surface area (Å²) in [6, 6.07) is 12.6. The van der Waals surface area contributed by atoms with Crippen LogP contribution in [0.25, 0.3) is 21.8 Å². The lowest BCUT2D eigenvalue weighted by Crippen LogP contribution is -1.83. The van der Waals surface area contributed by atoms with E-state index >= 15 is 0 Å². The first-order valence-corrected chi connectivity index (χ1v) is 8.23. The Bertz CT molecular complexity index is 816. The van der Waals surface area contributed by atoms with Crippen LogP contribution in [0.2, 0.25) is 5.02 Å². The van der Waals surface area contributed by atoms with Crippen molar-refractivity contribution in [3.8, 4) is 21.8 Å². The molecule has 0 aliphatic heterocycles. The van der Waals surface area contributed by atoms with Crippen LogP contribution < -0.4 is 0 Å². The summed E-state index contributed by atoms with van der Waals surface area (Å²) in [5.74, 6) is -0.417. The lowest BCUT2D eigenvalue weighted by molar-refractivity contribution is 0.628. The third-order valence-corrected chi connectivity index (χ3v) is 5.09. The number of benzene rings is 2. The van der Waals surface area contributed by atoms with E-state index in [0.717, 1.165) is 31.2 Å². The summed E-state index contributed by atoms with van der Waals surface area (Å²) in [5, 5.41) is 0.947. The van der Waals surface area contributed by atoms with Crippen molar-refractivity contribution < 1.29 is 4.39 Å². The van der Waals surface area contributed by atoms with Crippen LogP contribution in [0.5, 0.6) is 0 Å². The summed E-state index contributed by atoms with van der Waals surface area (Å²) in [7, 11) is 0. The molecule has 0 amide bonds. The molecule has 0 saturated heterocycles. The highest BCUT2D eigenvalue weighted by atomic mass is 79.9. The Kier molecular flexibility index (Phi) is 4.11. The first kappa shape index (κ1) is 14.7. The topological polar surface area (TPSA) is 12.9 Å². The Balaban J connectivity index is 2.09. The number of aromatic nitrogens is 1. The fourth-order valence-corrected chi connectivity index (χ4v) is 3.63. The first-order valence-electron chi connectivity index (χ1n) is 6.24. The summed E-state index contributed by atoms with van der Waals surface area (Å²) in [6.45, 7) is 2.03. The Labute approximate surface area is 139 Å². The van der Waals surface area contributed by atoms with Gasteiger partial charge >= 0.3 is 0 Å². The molecule has 0 spiro atoms. The Morgan fingerprint density at radius 2 is 1.95 bits per heavy atom. The zero-order valence-electron chi connectivity index (χ0n) is 11.0. The van der Waals surface area contributed by atoms with Gasteiger partial charge in [0.2, 0.25) is 0 Å². The van der Waals surface area contributed by atoms with Crippen molar-refractivity contribution >= 4 is 38.9 Å². The average Bonchev–Trinajstić information content (AvgIpc) is 2.84. The fraction of sp³-hybridized carbons (Fsp3) is 0.0625. The monoisotopic (exact) mass is 381 g/mol. The molecule has 1 aromatic heterocycles. The second kappa shape index (κ2) is 5.87. The van der Waals surface area contributed by atoms with Gasteiger partial charge in [-0.15, -0.1) is 11.3 Å². The molecule has 0 saturated carbocycles. The largest absolute Gasteiger partial charge is 0.236 e. The maximum absolute atomic E-state index is 13.3. The lowest BCUT2D eigenvalue weighted by atomic mass is 10.1. The molecule has 3 aromatic rings. The summed E-state index contributed by atoms with van der Waals surface area (Å²) in [6.07, 6.45) is 0. The van der Waals surface area contributed by atoms with E-state index in [1.54, 1.807) is 23.5 Å². The third kappa shape index (κ3) is 2.89. The summed E-state index contributed by atoms with van der Waals surface area (Å²) in [5.41, 5.74) is 2.81. The van der Waals surface area contributed by atoms with Crippen molar-refractivity contribution in [3.05, 3.63) is 62.7 Å². The molecule has 0 fully saturated rings. The van der Waals surface area contributed by atoms with Crippen molar-refractivity contribution in [2.75, 3.05) is 0 Å². The predicted octanol–water partition coefficient (Wildman–Crippen LogP) is 6.34. The number of hydrogen-bond donors (Lipinski definition) is 0. The molecule has 0 atom stereocenters. The Hall–Kier alpha value is -1.23. The van der Waals surface area contributed by atoms with Gasteiger partial charge in [0.15, 0.2) is 0 Å². The smallest absolute Gasteiger partial charge is 0.141 e. The van der Waals surface area contributed by atoms with Gasteiger partial charge in [-0.2, -0.15) is 0 Å². The summed E-state index contributed by atoms with van der Waals surface area (Å²) < 4.78 is 14.3. The van der Waals surface area contributed by atoms with Crippen molar-refractivity contribution in [1.29, 1.82) is 0 Å². The molecule has 5 heteroatoms. The van der Waals surface area contributed by atoms with Gasteiger partial charge in [0.25, 0.3) is 0 Å². The number of thiazole rings is 1. The molecule has 2 aromatic carbocycles. The molecule has 21 heavy (non-hydrogen) atoms. The average molecular weight is 383 g/mol. The van der Waals surface area contributed by atoms with Crippen molar-refractivity contribution in [2.24, 2.45) is 0 Å². The van der Waals surface area contributed by atoms with Gasteiger partial charge in [-0.3, -0.25) is 0 Å². The van der Waals surface area contributed by atoms with Crippen LogP contribution in [0, 0.1) is 12.7 Å². The molecule has 0 aliphatic carbocycles. The number of nitrogens with zero attached hydrogens (tertiary/aromatic N) is 1. The number of hydrogen-bond acceptors (Lipinski definition) is 2. The normalized spacial score (nSPS) is 10.9. The number of rotatable bonds is 2. The lowest BCUT2D eigenvalue weighted by Gasteiger charge is -2.01. The van der Waals surface area contributed by atoms with E-state index in [2.05, 4.69) is 20.9 Å². The fourth-order valence-electron chi connectivity index (χ4n) is 2.05. The minimum Gasteiger partial charge on any atom is -0.236 e. The van der Waals surface area contributed by atoms with Crippen LogP contribution in [-0.4, -0.2) is 4.98 Å². The highest BCUT2D eigenvalue weighted by Gasteiger charge is 2.14. The van der Waals surface area contributed by atoms with Crippen LogP contribution >= 0.6 is 38.9 Å². The van der Waals surface area contributed by atoms with E-state index in [-0.39, 0.29) is 5.02 Å². The van der Waals surface area contributed by atoms with Gasteiger partial charge in [0.05, 0.1) is 10.7 Å². The number of aryl methyl sites for hydroxylation is 1. The van der Waals surface area contributed by atoms with Crippen molar-refractivity contribution in [1.82, 2.24) is 4.98 Å². The standard InChI is InChI=1S/C16H10BrClFNS/c1-9-15(11-4-2-3-5-12(11)17)20-16(21-9)10-6-7-14(19)13(18)8-10/h2-8H,1H3. The first-order chi connectivity index (χ1) is 10.1. The quantitative estimate of drug-likeness (QED) is 0.504. The molecule has 0 aliphatic rings. The zero-order chi connectivity index (χ0) is 15.0. The van der Waals surface area contributed by atoms with Gasteiger partial charge in [-0.1, -0.05) is 45.7 Å². The zero-order valence-corrected chi connectivity index (χ0v) is 14.2. The second-order valence-corrected chi connectivity index (χ2v) is 7.00. The molecular formula is C16H10BrClFNS. The predicted molar refractivity (Wildman–Crippen MR) is 90.4 cm³/mol. The minimum atomic E-state index is -0.417. The summed E-state index contributed by atoms with van der Waals surface area (Å²) in [4.78, 5) is 5.80. The van der Waals surface area contributed by atoms with Crippen LogP contribution in [0.1, 0.15) is 4.88 Å². The molecule has 0 radical (unpaired) electrons. The van der Waals surface area contributed by atoms with E-state index in [9.17, 15) is 4.39 Å². The molecule has 0 bridgehead atoms. The van der Waals surface area contributed by atoms with E-state index in [4.69, 9.17) is 11.6 Å². The molecule has 3 rings (SSSR count). The Morgan fingerprint density at radius 3 is 2.67 bits per heavy atom.